The molecule has 3 heterocycles. The third-order valence-corrected chi connectivity index (χ3v) is 6.46. The highest BCUT2D eigenvalue weighted by atomic mass is 16.5. The average Bonchev–Trinajstić information content (AvgIpc) is 3.54. The van der Waals surface area contributed by atoms with Gasteiger partial charge in [-0.2, -0.15) is 0 Å². The number of amides is 1. The number of benzene rings is 2. The number of hydrogen-bond acceptors (Lipinski definition) is 5. The second kappa shape index (κ2) is 10.7. The van der Waals surface area contributed by atoms with Gasteiger partial charge in [0.25, 0.3) is 5.91 Å². The molecule has 2 unspecified atom stereocenters. The molecule has 2 atom stereocenters. The molecule has 1 amide bonds. The summed E-state index contributed by atoms with van der Waals surface area (Å²) >= 11 is 0. The molecule has 0 aliphatic carbocycles. The van der Waals surface area contributed by atoms with Crippen molar-refractivity contribution in [3.63, 3.8) is 0 Å². The Hall–Kier alpha value is -3.68. The van der Waals surface area contributed by atoms with Crippen LogP contribution in [-0.2, 0) is 6.61 Å². The highest BCUT2D eigenvalue weighted by molar-refractivity contribution is 5.94. The molecule has 35 heavy (non-hydrogen) atoms. The molecule has 2 aromatic heterocycles. The van der Waals surface area contributed by atoms with Gasteiger partial charge in [0.15, 0.2) is 0 Å². The molecule has 4 aromatic rings. The monoisotopic (exact) mass is 469 g/mol. The third-order valence-electron chi connectivity index (χ3n) is 6.46. The van der Waals surface area contributed by atoms with E-state index in [1.54, 1.807) is 4.90 Å². The zero-order valence-electron chi connectivity index (χ0n) is 19.9. The maximum absolute atomic E-state index is 13.0. The molecule has 0 saturated carbocycles. The lowest BCUT2D eigenvalue weighted by molar-refractivity contribution is 0.0791. The number of nitrogens with zero attached hydrogens (tertiary/aromatic N) is 3. The zero-order chi connectivity index (χ0) is 24.0. The van der Waals surface area contributed by atoms with E-state index in [0.29, 0.717) is 36.5 Å². The number of carbonyl (C=O) groups is 1. The number of hydrazine groups is 1. The van der Waals surface area contributed by atoms with Gasteiger partial charge in [-0.25, -0.2) is 4.98 Å². The lowest BCUT2D eigenvalue weighted by atomic mass is 10.00. The summed E-state index contributed by atoms with van der Waals surface area (Å²) in [7, 11) is 1.86. The molecule has 7 heteroatoms. The smallest absolute Gasteiger partial charge is 0.253 e. The van der Waals surface area contributed by atoms with Crippen molar-refractivity contribution in [3.05, 3.63) is 102 Å². The van der Waals surface area contributed by atoms with Crippen molar-refractivity contribution in [2.45, 2.75) is 38.0 Å². The van der Waals surface area contributed by atoms with Crippen molar-refractivity contribution >= 4 is 11.6 Å². The number of pyridine rings is 1. The standard InChI is InChI=1S/C28H31N5O2/c1-32(15-8-12-23-18-26(31-30-23)21-9-3-2-4-10-21)28(34)22-11-7-13-25(17-22)35-20-24-19-33-16-6-5-14-27(33)29-24/h2-7,9-11,13-14,16-17,19,23,26,30-31H,8,12,15,18,20H2,1H3. The summed E-state index contributed by atoms with van der Waals surface area (Å²) in [6, 6.07) is 24.5. The SMILES string of the molecule is CN(CCCC1CC(c2ccccc2)NN1)C(=O)c1cccc(OCc2cn3ccccc3n2)c1. The van der Waals surface area contributed by atoms with Crippen LogP contribution >= 0.6 is 0 Å². The van der Waals surface area contributed by atoms with Crippen LogP contribution in [0.15, 0.2) is 85.2 Å². The van der Waals surface area contributed by atoms with Gasteiger partial charge in [-0.15, -0.1) is 0 Å². The predicted molar refractivity (Wildman–Crippen MR) is 136 cm³/mol. The van der Waals surface area contributed by atoms with Gasteiger partial charge in [-0.1, -0.05) is 42.5 Å². The molecule has 2 N–H and O–H groups in total. The zero-order valence-corrected chi connectivity index (χ0v) is 19.9. The van der Waals surface area contributed by atoms with Crippen molar-refractivity contribution in [1.82, 2.24) is 25.1 Å². The van der Waals surface area contributed by atoms with E-state index in [1.807, 2.05) is 72.4 Å². The normalized spacial score (nSPS) is 17.5. The number of ether oxygens (including phenoxy) is 1. The molecule has 0 spiro atoms. The molecule has 180 valence electrons. The van der Waals surface area contributed by atoms with Gasteiger partial charge >= 0.3 is 0 Å². The molecule has 0 radical (unpaired) electrons. The molecule has 5 rings (SSSR count). The van der Waals surface area contributed by atoms with E-state index >= 15 is 0 Å². The molecule has 7 nitrogen and oxygen atoms in total. The first-order valence-corrected chi connectivity index (χ1v) is 12.1. The number of aromatic nitrogens is 2. The minimum atomic E-state index is 0.00264. The fraction of sp³-hybridized carbons (Fsp3) is 0.286. The van der Waals surface area contributed by atoms with E-state index in [4.69, 9.17) is 4.74 Å². The highest BCUT2D eigenvalue weighted by Crippen LogP contribution is 2.24. The van der Waals surface area contributed by atoms with E-state index in [0.717, 1.165) is 30.6 Å². The molecule has 1 saturated heterocycles. The summed E-state index contributed by atoms with van der Waals surface area (Å²) in [6.07, 6.45) is 6.91. The maximum atomic E-state index is 13.0. The van der Waals surface area contributed by atoms with Crippen LogP contribution in [0, 0.1) is 0 Å². The van der Waals surface area contributed by atoms with Gasteiger partial charge in [0, 0.05) is 43.6 Å². The Bertz CT molecular complexity index is 1240. The first kappa shape index (κ1) is 23.1. The van der Waals surface area contributed by atoms with Gasteiger partial charge in [0.1, 0.15) is 18.0 Å². The topological polar surface area (TPSA) is 70.9 Å². The van der Waals surface area contributed by atoms with E-state index in [-0.39, 0.29) is 5.91 Å². The molecule has 1 aliphatic heterocycles. The Kier molecular flexibility index (Phi) is 7.07. The molecule has 0 bridgehead atoms. The lowest BCUT2D eigenvalue weighted by Gasteiger charge is -2.19. The first-order valence-electron chi connectivity index (χ1n) is 12.1. The van der Waals surface area contributed by atoms with Crippen LogP contribution in [0.25, 0.3) is 5.65 Å². The minimum absolute atomic E-state index is 0.00264. The Balaban J connectivity index is 1.09. The summed E-state index contributed by atoms with van der Waals surface area (Å²) in [6.45, 7) is 1.06. The van der Waals surface area contributed by atoms with Crippen molar-refractivity contribution in [2.24, 2.45) is 0 Å². The van der Waals surface area contributed by atoms with Gasteiger partial charge in [0.2, 0.25) is 0 Å². The highest BCUT2D eigenvalue weighted by Gasteiger charge is 2.24. The van der Waals surface area contributed by atoms with Crippen LogP contribution in [0.1, 0.15) is 46.9 Å². The van der Waals surface area contributed by atoms with Gasteiger partial charge < -0.3 is 14.0 Å². The summed E-state index contributed by atoms with van der Waals surface area (Å²) in [5, 5.41) is 0. The van der Waals surface area contributed by atoms with Crippen molar-refractivity contribution < 1.29 is 9.53 Å². The van der Waals surface area contributed by atoms with Crippen molar-refractivity contribution in [1.29, 1.82) is 0 Å². The number of fused-ring (bicyclic) bond motifs is 1. The van der Waals surface area contributed by atoms with Gasteiger partial charge in [-0.3, -0.25) is 15.6 Å². The molecular formula is C28H31N5O2. The summed E-state index contributed by atoms with van der Waals surface area (Å²) in [5.41, 5.74) is 10.5. The van der Waals surface area contributed by atoms with Crippen LogP contribution < -0.4 is 15.6 Å². The number of imidazole rings is 1. The Labute approximate surface area is 205 Å². The van der Waals surface area contributed by atoms with Crippen LogP contribution in [0.2, 0.25) is 0 Å². The Morgan fingerprint density at radius 2 is 1.94 bits per heavy atom. The Morgan fingerprint density at radius 3 is 2.80 bits per heavy atom. The molecule has 1 fully saturated rings. The quantitative estimate of drug-likeness (QED) is 0.381. The molecule has 2 aromatic carbocycles. The van der Waals surface area contributed by atoms with Crippen LogP contribution in [0.4, 0.5) is 0 Å². The van der Waals surface area contributed by atoms with Crippen molar-refractivity contribution in [3.8, 4) is 5.75 Å². The van der Waals surface area contributed by atoms with E-state index in [9.17, 15) is 4.79 Å². The number of nitrogens with one attached hydrogen (secondary N) is 2. The first-order chi connectivity index (χ1) is 17.2. The van der Waals surface area contributed by atoms with Gasteiger partial charge in [0.05, 0.1) is 5.69 Å². The largest absolute Gasteiger partial charge is 0.487 e. The van der Waals surface area contributed by atoms with E-state index in [2.05, 4.69) is 40.1 Å². The average molecular weight is 470 g/mol. The maximum Gasteiger partial charge on any atom is 0.253 e. The second-order valence-corrected chi connectivity index (χ2v) is 9.07. The fourth-order valence-corrected chi connectivity index (χ4v) is 4.55. The number of rotatable bonds is 9. The predicted octanol–water partition coefficient (Wildman–Crippen LogP) is 4.37. The number of carbonyl (C=O) groups excluding carboxylic acids is 1. The van der Waals surface area contributed by atoms with Crippen LogP contribution in [-0.4, -0.2) is 39.8 Å². The fourth-order valence-electron chi connectivity index (χ4n) is 4.55. The van der Waals surface area contributed by atoms with Crippen molar-refractivity contribution in [2.75, 3.05) is 13.6 Å². The van der Waals surface area contributed by atoms with E-state index in [1.165, 1.54) is 5.56 Å². The van der Waals surface area contributed by atoms with Gasteiger partial charge in [-0.05, 0) is 55.2 Å². The van der Waals surface area contributed by atoms with Crippen LogP contribution in [0.5, 0.6) is 5.75 Å². The second-order valence-electron chi connectivity index (χ2n) is 9.07. The summed E-state index contributed by atoms with van der Waals surface area (Å²) in [4.78, 5) is 19.3. The Morgan fingerprint density at radius 1 is 1.09 bits per heavy atom. The minimum Gasteiger partial charge on any atom is -0.487 e. The molecule has 1 aliphatic rings. The third kappa shape index (κ3) is 5.70. The van der Waals surface area contributed by atoms with E-state index < -0.39 is 0 Å². The van der Waals surface area contributed by atoms with Crippen LogP contribution in [0.3, 0.4) is 0 Å². The molecular weight excluding hydrogens is 438 g/mol. The number of hydrogen-bond donors (Lipinski definition) is 2. The summed E-state index contributed by atoms with van der Waals surface area (Å²) in [5.74, 6) is 0.664. The summed E-state index contributed by atoms with van der Waals surface area (Å²) < 4.78 is 7.89. The lowest BCUT2D eigenvalue weighted by Crippen LogP contribution is -2.32.